The molecule has 0 saturated heterocycles. The van der Waals surface area contributed by atoms with Crippen LogP contribution in [0.2, 0.25) is 0 Å². The highest BCUT2D eigenvalue weighted by atomic mass is 19.1. The molecule has 0 fully saturated rings. The van der Waals surface area contributed by atoms with Gasteiger partial charge < -0.3 is 9.47 Å². The van der Waals surface area contributed by atoms with Gasteiger partial charge >= 0.3 is 11.9 Å². The maximum absolute atomic E-state index is 13.1. The molecule has 0 radical (unpaired) electrons. The molecule has 0 aromatic heterocycles. The van der Waals surface area contributed by atoms with Gasteiger partial charge in [0.2, 0.25) is 0 Å². The molecular formula is C14H13FO4. The van der Waals surface area contributed by atoms with E-state index in [1.54, 1.807) is 13.8 Å². The molecule has 100 valence electrons. The second kappa shape index (κ2) is 7.17. The number of ether oxygens (including phenoxy) is 2. The van der Waals surface area contributed by atoms with Gasteiger partial charge in [0.1, 0.15) is 5.82 Å². The summed E-state index contributed by atoms with van der Waals surface area (Å²) in [5.41, 5.74) is 0.201. The van der Waals surface area contributed by atoms with Gasteiger partial charge in [-0.25, -0.2) is 14.0 Å². The van der Waals surface area contributed by atoms with Crippen LogP contribution in [0.15, 0.2) is 18.2 Å². The fourth-order valence-corrected chi connectivity index (χ4v) is 1.29. The first-order chi connectivity index (χ1) is 9.08. The summed E-state index contributed by atoms with van der Waals surface area (Å²) in [5, 5.41) is 0. The van der Waals surface area contributed by atoms with E-state index in [0.29, 0.717) is 0 Å². The van der Waals surface area contributed by atoms with Crippen molar-refractivity contribution in [2.75, 3.05) is 13.2 Å². The van der Waals surface area contributed by atoms with Crippen LogP contribution in [0.3, 0.4) is 0 Å². The highest BCUT2D eigenvalue weighted by molar-refractivity contribution is 5.94. The Morgan fingerprint density at radius 3 is 2.53 bits per heavy atom. The lowest BCUT2D eigenvalue weighted by Crippen LogP contribution is -2.07. The summed E-state index contributed by atoms with van der Waals surface area (Å²) in [6.07, 6.45) is 0. The predicted molar refractivity (Wildman–Crippen MR) is 65.9 cm³/mol. The normalized spacial score (nSPS) is 9.21. The third-order valence-corrected chi connectivity index (χ3v) is 2.05. The largest absolute Gasteiger partial charge is 0.462 e. The number of esters is 2. The first kappa shape index (κ1) is 14.7. The zero-order chi connectivity index (χ0) is 14.3. The van der Waals surface area contributed by atoms with Crippen LogP contribution in [-0.4, -0.2) is 25.2 Å². The molecule has 0 saturated carbocycles. The molecule has 0 spiro atoms. The van der Waals surface area contributed by atoms with Crippen LogP contribution in [0, 0.1) is 17.7 Å². The number of rotatable bonds is 3. The Labute approximate surface area is 110 Å². The first-order valence-electron chi connectivity index (χ1n) is 5.74. The Balaban J connectivity index is 3.07. The molecule has 0 atom stereocenters. The van der Waals surface area contributed by atoms with E-state index < -0.39 is 17.8 Å². The first-order valence-corrected chi connectivity index (χ1v) is 5.74. The van der Waals surface area contributed by atoms with Gasteiger partial charge in [-0.2, -0.15) is 0 Å². The number of carbonyl (C=O) groups excluding carboxylic acids is 2. The Morgan fingerprint density at radius 1 is 1.21 bits per heavy atom. The van der Waals surface area contributed by atoms with Crippen LogP contribution in [-0.2, 0) is 14.3 Å². The molecule has 0 bridgehead atoms. The minimum absolute atomic E-state index is 0.0894. The lowest BCUT2D eigenvalue weighted by molar-refractivity contribution is -0.136. The average molecular weight is 264 g/mol. The minimum Gasteiger partial charge on any atom is -0.462 e. The predicted octanol–water partition coefficient (Wildman–Crippen LogP) is 1.92. The summed E-state index contributed by atoms with van der Waals surface area (Å²) in [7, 11) is 0. The Kier molecular flexibility index (Phi) is 5.55. The molecule has 1 aromatic carbocycles. The monoisotopic (exact) mass is 264 g/mol. The van der Waals surface area contributed by atoms with Crippen LogP contribution in [0.1, 0.15) is 29.8 Å². The maximum Gasteiger partial charge on any atom is 0.384 e. The van der Waals surface area contributed by atoms with Crippen molar-refractivity contribution in [3.63, 3.8) is 0 Å². The molecule has 19 heavy (non-hydrogen) atoms. The summed E-state index contributed by atoms with van der Waals surface area (Å²) in [6, 6.07) is 3.46. The molecule has 0 amide bonds. The lowest BCUT2D eigenvalue weighted by Gasteiger charge is -2.04. The number of benzene rings is 1. The van der Waals surface area contributed by atoms with E-state index in [-0.39, 0.29) is 24.3 Å². The van der Waals surface area contributed by atoms with Crippen LogP contribution >= 0.6 is 0 Å². The third kappa shape index (κ3) is 4.43. The molecule has 0 aliphatic heterocycles. The van der Waals surface area contributed by atoms with E-state index >= 15 is 0 Å². The zero-order valence-electron chi connectivity index (χ0n) is 10.7. The Morgan fingerprint density at radius 2 is 1.89 bits per heavy atom. The average Bonchev–Trinajstić information content (AvgIpc) is 2.37. The van der Waals surface area contributed by atoms with Crippen molar-refractivity contribution in [2.45, 2.75) is 13.8 Å². The standard InChI is InChI=1S/C14H13FO4/c1-3-18-13(16)8-5-10-9-11(15)6-7-12(10)14(17)19-4-2/h6-7,9H,3-4H2,1-2H3. The smallest absolute Gasteiger partial charge is 0.384 e. The van der Waals surface area contributed by atoms with E-state index in [9.17, 15) is 14.0 Å². The molecule has 0 aliphatic carbocycles. The Hall–Kier alpha value is -2.35. The molecule has 1 rings (SSSR count). The summed E-state index contributed by atoms with van der Waals surface area (Å²) < 4.78 is 22.6. The Bertz CT molecular complexity index is 540. The van der Waals surface area contributed by atoms with Crippen molar-refractivity contribution in [1.29, 1.82) is 0 Å². The van der Waals surface area contributed by atoms with Crippen molar-refractivity contribution < 1.29 is 23.5 Å². The number of hydrogen-bond acceptors (Lipinski definition) is 4. The van der Waals surface area contributed by atoms with E-state index in [1.807, 2.05) is 0 Å². The van der Waals surface area contributed by atoms with Crippen LogP contribution in [0.25, 0.3) is 0 Å². The molecule has 0 heterocycles. The van der Waals surface area contributed by atoms with Crippen molar-refractivity contribution >= 4 is 11.9 Å². The summed E-state index contributed by atoms with van der Waals surface area (Å²) in [5.74, 6) is 2.69. The van der Waals surface area contributed by atoms with Gasteiger partial charge in [-0.15, -0.1) is 0 Å². The van der Waals surface area contributed by atoms with Crippen molar-refractivity contribution in [1.82, 2.24) is 0 Å². The fraction of sp³-hybridized carbons (Fsp3) is 0.286. The summed E-state index contributed by atoms with van der Waals surface area (Å²) in [6.45, 7) is 3.69. The van der Waals surface area contributed by atoms with Gasteiger partial charge in [0.05, 0.1) is 18.8 Å². The quantitative estimate of drug-likeness (QED) is 0.618. The van der Waals surface area contributed by atoms with Gasteiger partial charge in [-0.1, -0.05) is 5.92 Å². The molecule has 0 aliphatic rings. The van der Waals surface area contributed by atoms with Crippen LogP contribution in [0.5, 0.6) is 0 Å². The second-order valence-electron chi connectivity index (χ2n) is 3.38. The zero-order valence-corrected chi connectivity index (χ0v) is 10.7. The molecule has 5 heteroatoms. The fourth-order valence-electron chi connectivity index (χ4n) is 1.29. The van der Waals surface area contributed by atoms with E-state index in [4.69, 9.17) is 4.74 Å². The van der Waals surface area contributed by atoms with E-state index in [1.165, 1.54) is 6.07 Å². The van der Waals surface area contributed by atoms with Crippen LogP contribution in [0.4, 0.5) is 4.39 Å². The second-order valence-corrected chi connectivity index (χ2v) is 3.38. The van der Waals surface area contributed by atoms with Gasteiger partial charge in [0.25, 0.3) is 0 Å². The molecule has 1 aromatic rings. The van der Waals surface area contributed by atoms with Gasteiger partial charge in [-0.3, -0.25) is 0 Å². The number of hydrogen-bond donors (Lipinski definition) is 0. The van der Waals surface area contributed by atoms with Crippen molar-refractivity contribution in [3.05, 3.63) is 35.1 Å². The van der Waals surface area contributed by atoms with E-state index in [2.05, 4.69) is 16.6 Å². The third-order valence-electron chi connectivity index (χ3n) is 2.05. The van der Waals surface area contributed by atoms with Crippen molar-refractivity contribution in [3.8, 4) is 11.8 Å². The molecular weight excluding hydrogens is 251 g/mol. The maximum atomic E-state index is 13.1. The highest BCUT2D eigenvalue weighted by Gasteiger charge is 2.12. The van der Waals surface area contributed by atoms with E-state index in [0.717, 1.165) is 12.1 Å². The van der Waals surface area contributed by atoms with Crippen molar-refractivity contribution in [2.24, 2.45) is 0 Å². The summed E-state index contributed by atoms with van der Waals surface area (Å²) >= 11 is 0. The van der Waals surface area contributed by atoms with Crippen LogP contribution < -0.4 is 0 Å². The summed E-state index contributed by atoms with van der Waals surface area (Å²) in [4.78, 5) is 22.7. The topological polar surface area (TPSA) is 52.6 Å². The molecule has 0 N–H and O–H groups in total. The van der Waals surface area contributed by atoms with Gasteiger partial charge in [-0.05, 0) is 32.0 Å². The minimum atomic E-state index is -0.735. The van der Waals surface area contributed by atoms with Gasteiger partial charge in [0, 0.05) is 11.5 Å². The number of carbonyl (C=O) groups is 2. The number of halogens is 1. The highest BCUT2D eigenvalue weighted by Crippen LogP contribution is 2.11. The lowest BCUT2D eigenvalue weighted by atomic mass is 10.1. The van der Waals surface area contributed by atoms with Gasteiger partial charge in [0.15, 0.2) is 0 Å². The molecule has 0 unspecified atom stereocenters. The molecule has 4 nitrogen and oxygen atoms in total. The SMILES string of the molecule is CCOC(=O)C#Cc1cc(F)ccc1C(=O)OCC.